The number of nitrogens with zero attached hydrogens (tertiary/aromatic N) is 5. The molecular weight excluding hydrogens is 379 g/mol. The minimum absolute atomic E-state index is 0.0266. The van der Waals surface area contributed by atoms with Gasteiger partial charge in [0.1, 0.15) is 12.1 Å². The van der Waals surface area contributed by atoms with Gasteiger partial charge in [0, 0.05) is 50.5 Å². The number of alkyl halides is 3. The van der Waals surface area contributed by atoms with E-state index in [1.54, 1.807) is 24.4 Å². The summed E-state index contributed by atoms with van der Waals surface area (Å²) in [6, 6.07) is 5.57. The molecule has 1 aliphatic rings. The van der Waals surface area contributed by atoms with Crippen LogP contribution in [0, 0.1) is 0 Å². The third-order valence-corrected chi connectivity index (χ3v) is 5.15. The molecule has 2 heterocycles. The Labute approximate surface area is 169 Å². The zero-order valence-electron chi connectivity index (χ0n) is 16.7. The largest absolute Gasteiger partial charge is 0.416 e. The topological polar surface area (TPSA) is 35.5 Å². The zero-order chi connectivity index (χ0) is 21.0. The average Bonchev–Trinajstić information content (AvgIpc) is 2.71. The number of anilines is 1. The summed E-state index contributed by atoms with van der Waals surface area (Å²) in [5.41, 5.74) is 1.18. The molecule has 2 aromatic rings. The molecule has 0 radical (unpaired) electrons. The number of hydrogen-bond acceptors (Lipinski definition) is 5. The SMILES string of the molecule is C=Cc1cncnc1N1CCN(C(CN(C)C)c2ccc(C(F)(F)F)cc2)CC1. The van der Waals surface area contributed by atoms with E-state index in [1.807, 2.05) is 14.1 Å². The van der Waals surface area contributed by atoms with Gasteiger partial charge in [0.05, 0.1) is 5.56 Å². The first kappa shape index (κ1) is 21.3. The fourth-order valence-corrected chi connectivity index (χ4v) is 3.66. The van der Waals surface area contributed by atoms with Crippen molar-refractivity contribution in [1.82, 2.24) is 19.8 Å². The van der Waals surface area contributed by atoms with Crippen LogP contribution in [-0.2, 0) is 6.18 Å². The van der Waals surface area contributed by atoms with Crippen molar-refractivity contribution in [2.45, 2.75) is 12.2 Å². The first-order valence-corrected chi connectivity index (χ1v) is 9.53. The number of piperazine rings is 1. The molecule has 1 saturated heterocycles. The highest BCUT2D eigenvalue weighted by Gasteiger charge is 2.31. The van der Waals surface area contributed by atoms with Crippen molar-refractivity contribution in [3.63, 3.8) is 0 Å². The Morgan fingerprint density at radius 3 is 2.34 bits per heavy atom. The number of aromatic nitrogens is 2. The van der Waals surface area contributed by atoms with Crippen molar-refractivity contribution < 1.29 is 13.2 Å². The number of halogens is 3. The van der Waals surface area contributed by atoms with E-state index < -0.39 is 11.7 Å². The maximum Gasteiger partial charge on any atom is 0.416 e. The second kappa shape index (κ2) is 8.92. The maximum absolute atomic E-state index is 12.9. The highest BCUT2D eigenvalue weighted by atomic mass is 19.4. The number of rotatable bonds is 6. The first-order chi connectivity index (χ1) is 13.8. The van der Waals surface area contributed by atoms with Crippen LogP contribution in [0.4, 0.5) is 19.0 Å². The minimum Gasteiger partial charge on any atom is -0.353 e. The summed E-state index contributed by atoms with van der Waals surface area (Å²) >= 11 is 0. The predicted molar refractivity (Wildman–Crippen MR) is 109 cm³/mol. The van der Waals surface area contributed by atoms with Gasteiger partial charge in [-0.05, 0) is 31.8 Å². The molecule has 0 spiro atoms. The quantitative estimate of drug-likeness (QED) is 0.734. The Hall–Kier alpha value is -2.45. The standard InChI is InChI=1S/C21H26F3N5/c1-4-16-13-25-15-26-20(16)29-11-9-28(10-12-29)19(14-27(2)3)17-5-7-18(8-6-17)21(22,23)24/h4-8,13,15,19H,1,9-12,14H2,2-3H3. The van der Waals surface area contributed by atoms with E-state index >= 15 is 0 Å². The molecule has 1 unspecified atom stereocenters. The lowest BCUT2D eigenvalue weighted by molar-refractivity contribution is -0.137. The summed E-state index contributed by atoms with van der Waals surface area (Å²) in [6.45, 7) is 7.70. The molecule has 1 aromatic heterocycles. The van der Waals surface area contributed by atoms with Crippen molar-refractivity contribution >= 4 is 11.9 Å². The molecule has 0 amide bonds. The van der Waals surface area contributed by atoms with E-state index in [2.05, 4.69) is 31.2 Å². The van der Waals surface area contributed by atoms with Crippen LogP contribution in [0.5, 0.6) is 0 Å². The van der Waals surface area contributed by atoms with Gasteiger partial charge < -0.3 is 9.80 Å². The Morgan fingerprint density at radius 1 is 1.14 bits per heavy atom. The Morgan fingerprint density at radius 2 is 1.79 bits per heavy atom. The molecule has 1 fully saturated rings. The van der Waals surface area contributed by atoms with E-state index in [-0.39, 0.29) is 6.04 Å². The van der Waals surface area contributed by atoms with Gasteiger partial charge in [0.15, 0.2) is 0 Å². The lowest BCUT2D eigenvalue weighted by Gasteiger charge is -2.41. The van der Waals surface area contributed by atoms with Crippen molar-refractivity contribution in [3.05, 3.63) is 60.1 Å². The summed E-state index contributed by atoms with van der Waals surface area (Å²) in [6.07, 6.45) is 0.713. The molecule has 0 bridgehead atoms. The van der Waals surface area contributed by atoms with Gasteiger partial charge in [-0.15, -0.1) is 0 Å². The van der Waals surface area contributed by atoms with Crippen molar-refractivity contribution in [1.29, 1.82) is 0 Å². The van der Waals surface area contributed by atoms with Crippen LogP contribution in [0.2, 0.25) is 0 Å². The Bertz CT molecular complexity index is 812. The fourth-order valence-electron chi connectivity index (χ4n) is 3.66. The molecule has 3 rings (SSSR count). The normalized spacial score (nSPS) is 16.8. The van der Waals surface area contributed by atoms with Gasteiger partial charge in [-0.25, -0.2) is 9.97 Å². The van der Waals surface area contributed by atoms with Crippen LogP contribution >= 0.6 is 0 Å². The third-order valence-electron chi connectivity index (χ3n) is 5.15. The van der Waals surface area contributed by atoms with Gasteiger partial charge in [-0.1, -0.05) is 24.8 Å². The Balaban J connectivity index is 1.75. The van der Waals surface area contributed by atoms with E-state index in [9.17, 15) is 13.2 Å². The fraction of sp³-hybridized carbons (Fsp3) is 0.429. The Kier molecular flexibility index (Phi) is 6.54. The van der Waals surface area contributed by atoms with Gasteiger partial charge in [0.25, 0.3) is 0 Å². The van der Waals surface area contributed by atoms with Gasteiger partial charge in [0.2, 0.25) is 0 Å². The monoisotopic (exact) mass is 405 g/mol. The molecule has 156 valence electrons. The molecule has 0 saturated carbocycles. The highest BCUT2D eigenvalue weighted by molar-refractivity contribution is 5.61. The van der Waals surface area contributed by atoms with Crippen LogP contribution in [0.1, 0.15) is 22.7 Å². The zero-order valence-corrected chi connectivity index (χ0v) is 16.7. The van der Waals surface area contributed by atoms with Crippen LogP contribution in [-0.4, -0.2) is 66.6 Å². The highest BCUT2D eigenvalue weighted by Crippen LogP contribution is 2.31. The molecule has 1 aliphatic heterocycles. The molecule has 1 aromatic carbocycles. The molecule has 1 atom stereocenters. The van der Waals surface area contributed by atoms with E-state index in [1.165, 1.54) is 18.5 Å². The lowest BCUT2D eigenvalue weighted by atomic mass is 10.0. The van der Waals surface area contributed by atoms with Crippen molar-refractivity contribution in [3.8, 4) is 0 Å². The maximum atomic E-state index is 12.9. The summed E-state index contributed by atoms with van der Waals surface area (Å²) in [5, 5.41) is 0. The summed E-state index contributed by atoms with van der Waals surface area (Å²) in [4.78, 5) is 15.0. The lowest BCUT2D eigenvalue weighted by Crippen LogP contribution is -2.49. The molecule has 0 N–H and O–H groups in total. The first-order valence-electron chi connectivity index (χ1n) is 9.53. The smallest absolute Gasteiger partial charge is 0.353 e. The number of benzene rings is 1. The van der Waals surface area contributed by atoms with E-state index in [4.69, 9.17) is 0 Å². The molecule has 5 nitrogen and oxygen atoms in total. The number of hydrogen-bond donors (Lipinski definition) is 0. The molecular formula is C21H26F3N5. The van der Waals surface area contributed by atoms with Crippen molar-refractivity contribution in [2.24, 2.45) is 0 Å². The summed E-state index contributed by atoms with van der Waals surface area (Å²) in [7, 11) is 3.95. The predicted octanol–water partition coefficient (Wildman–Crippen LogP) is 3.56. The second-order valence-corrected chi connectivity index (χ2v) is 7.43. The molecule has 8 heteroatoms. The molecule has 0 aliphatic carbocycles. The van der Waals surface area contributed by atoms with Gasteiger partial charge >= 0.3 is 6.18 Å². The van der Waals surface area contributed by atoms with Gasteiger partial charge in [-0.2, -0.15) is 13.2 Å². The van der Waals surface area contributed by atoms with Crippen LogP contribution < -0.4 is 4.90 Å². The molecule has 29 heavy (non-hydrogen) atoms. The average molecular weight is 405 g/mol. The van der Waals surface area contributed by atoms with Crippen LogP contribution in [0.25, 0.3) is 6.08 Å². The van der Waals surface area contributed by atoms with Crippen molar-refractivity contribution in [2.75, 3.05) is 51.7 Å². The number of likely N-dealkylation sites (N-methyl/N-ethyl adjacent to an activating group) is 1. The van der Waals surface area contributed by atoms with E-state index in [0.717, 1.165) is 49.7 Å². The third kappa shape index (κ3) is 5.13. The van der Waals surface area contributed by atoms with Gasteiger partial charge in [-0.3, -0.25) is 4.90 Å². The summed E-state index contributed by atoms with van der Waals surface area (Å²) in [5.74, 6) is 0.869. The summed E-state index contributed by atoms with van der Waals surface area (Å²) < 4.78 is 38.7. The van der Waals surface area contributed by atoms with E-state index in [0.29, 0.717) is 0 Å². The van der Waals surface area contributed by atoms with Crippen LogP contribution in [0.3, 0.4) is 0 Å². The second-order valence-electron chi connectivity index (χ2n) is 7.43. The minimum atomic E-state index is -4.32. The van der Waals surface area contributed by atoms with Crippen LogP contribution in [0.15, 0.2) is 43.4 Å².